The smallest absolute Gasteiger partial charge is 0.341 e. The Balaban J connectivity index is 1.92. The van der Waals surface area contributed by atoms with Crippen molar-refractivity contribution in [2.45, 2.75) is 26.5 Å². The number of esters is 1. The van der Waals surface area contributed by atoms with E-state index in [0.29, 0.717) is 12.2 Å². The van der Waals surface area contributed by atoms with Crippen molar-refractivity contribution in [2.75, 3.05) is 5.73 Å². The van der Waals surface area contributed by atoms with Gasteiger partial charge in [-0.3, -0.25) is 4.79 Å². The van der Waals surface area contributed by atoms with Crippen molar-refractivity contribution >= 4 is 17.6 Å². The Kier molecular flexibility index (Phi) is 5.36. The number of amides is 1. The van der Waals surface area contributed by atoms with Crippen LogP contribution in [0.1, 0.15) is 28.4 Å². The van der Waals surface area contributed by atoms with Crippen LogP contribution in [-0.4, -0.2) is 18.0 Å². The third kappa shape index (κ3) is 4.32. The molecule has 0 bridgehead atoms. The summed E-state index contributed by atoms with van der Waals surface area (Å²) in [7, 11) is 0. The number of carbonyl (C=O) groups is 2. The summed E-state index contributed by atoms with van der Waals surface area (Å²) in [5.41, 5.74) is 8.28. The molecule has 0 fully saturated rings. The van der Waals surface area contributed by atoms with Gasteiger partial charge in [0.05, 0.1) is 5.56 Å². The molecule has 23 heavy (non-hydrogen) atoms. The first-order valence-electron chi connectivity index (χ1n) is 7.36. The van der Waals surface area contributed by atoms with Gasteiger partial charge in [0.15, 0.2) is 6.10 Å². The van der Waals surface area contributed by atoms with Crippen molar-refractivity contribution in [1.82, 2.24) is 5.32 Å². The van der Waals surface area contributed by atoms with Gasteiger partial charge in [0.25, 0.3) is 5.91 Å². The average molecular weight is 312 g/mol. The molecule has 5 nitrogen and oxygen atoms in total. The minimum Gasteiger partial charge on any atom is -0.449 e. The average Bonchev–Trinajstić information content (AvgIpc) is 2.55. The molecule has 2 aromatic carbocycles. The van der Waals surface area contributed by atoms with Crippen molar-refractivity contribution in [2.24, 2.45) is 0 Å². The maximum absolute atomic E-state index is 12.1. The lowest BCUT2D eigenvalue weighted by Gasteiger charge is -2.15. The molecule has 120 valence electrons. The largest absolute Gasteiger partial charge is 0.449 e. The van der Waals surface area contributed by atoms with E-state index in [1.807, 2.05) is 43.3 Å². The normalized spacial score (nSPS) is 11.6. The molecule has 3 N–H and O–H groups in total. The standard InChI is InChI=1S/C18H20N2O3/c1-12-7-6-10-15(16(12)19)18(22)23-13(2)17(21)20-11-14-8-4-3-5-9-14/h3-10,13H,11,19H2,1-2H3,(H,20,21)/t13-/m1/s1. The fraction of sp³-hybridized carbons (Fsp3) is 0.222. The number of benzene rings is 2. The van der Waals surface area contributed by atoms with E-state index in [0.717, 1.165) is 11.1 Å². The maximum Gasteiger partial charge on any atom is 0.341 e. The van der Waals surface area contributed by atoms with Crippen LogP contribution in [0.4, 0.5) is 5.69 Å². The minimum absolute atomic E-state index is 0.271. The highest BCUT2D eigenvalue weighted by atomic mass is 16.5. The SMILES string of the molecule is Cc1cccc(C(=O)O[C@H](C)C(=O)NCc2ccccc2)c1N. The Morgan fingerprint density at radius 3 is 2.52 bits per heavy atom. The molecule has 0 saturated carbocycles. The number of nitrogen functional groups attached to an aromatic ring is 1. The molecule has 1 amide bonds. The minimum atomic E-state index is -0.897. The number of nitrogens with one attached hydrogen (secondary N) is 1. The lowest BCUT2D eigenvalue weighted by Crippen LogP contribution is -2.35. The van der Waals surface area contributed by atoms with E-state index in [1.165, 1.54) is 6.92 Å². The van der Waals surface area contributed by atoms with E-state index >= 15 is 0 Å². The van der Waals surface area contributed by atoms with Crippen LogP contribution in [0, 0.1) is 6.92 Å². The molecule has 0 aliphatic rings. The van der Waals surface area contributed by atoms with Crippen LogP contribution in [0.2, 0.25) is 0 Å². The van der Waals surface area contributed by atoms with Crippen LogP contribution in [0.5, 0.6) is 0 Å². The summed E-state index contributed by atoms with van der Waals surface area (Å²) in [5.74, 6) is -0.956. The van der Waals surface area contributed by atoms with Crippen LogP contribution in [0.3, 0.4) is 0 Å². The topological polar surface area (TPSA) is 81.4 Å². The third-order valence-electron chi connectivity index (χ3n) is 3.51. The third-order valence-corrected chi connectivity index (χ3v) is 3.51. The van der Waals surface area contributed by atoms with Gasteiger partial charge in [-0.1, -0.05) is 42.5 Å². The molecule has 0 aromatic heterocycles. The summed E-state index contributed by atoms with van der Waals surface area (Å²) >= 11 is 0. The molecule has 2 aromatic rings. The number of para-hydroxylation sites is 1. The van der Waals surface area contributed by atoms with Crippen LogP contribution in [0.15, 0.2) is 48.5 Å². The lowest BCUT2D eigenvalue weighted by atomic mass is 10.1. The number of carbonyl (C=O) groups excluding carboxylic acids is 2. The summed E-state index contributed by atoms with van der Waals surface area (Å²) in [6, 6.07) is 14.6. The first-order chi connectivity index (χ1) is 11.0. The van der Waals surface area contributed by atoms with Crippen molar-refractivity contribution in [3.8, 4) is 0 Å². The van der Waals surface area contributed by atoms with Crippen LogP contribution < -0.4 is 11.1 Å². The van der Waals surface area contributed by atoms with E-state index < -0.39 is 12.1 Å². The Morgan fingerprint density at radius 1 is 1.13 bits per heavy atom. The fourth-order valence-corrected chi connectivity index (χ4v) is 2.06. The van der Waals surface area contributed by atoms with E-state index in [-0.39, 0.29) is 11.5 Å². The predicted octanol–water partition coefficient (Wildman–Crippen LogP) is 2.44. The molecular formula is C18H20N2O3. The molecular weight excluding hydrogens is 292 g/mol. The monoisotopic (exact) mass is 312 g/mol. The number of anilines is 1. The quantitative estimate of drug-likeness (QED) is 0.656. The van der Waals surface area contributed by atoms with Crippen LogP contribution in [-0.2, 0) is 16.1 Å². The van der Waals surface area contributed by atoms with Gasteiger partial charge in [-0.05, 0) is 31.0 Å². The van der Waals surface area contributed by atoms with E-state index in [1.54, 1.807) is 12.1 Å². The first-order valence-corrected chi connectivity index (χ1v) is 7.36. The predicted molar refractivity (Wildman–Crippen MR) is 88.8 cm³/mol. The highest BCUT2D eigenvalue weighted by molar-refractivity contribution is 5.97. The van der Waals surface area contributed by atoms with Gasteiger partial charge in [-0.25, -0.2) is 4.79 Å². The lowest BCUT2D eigenvalue weighted by molar-refractivity contribution is -0.129. The Labute approximate surface area is 135 Å². The highest BCUT2D eigenvalue weighted by Gasteiger charge is 2.20. The van der Waals surface area contributed by atoms with E-state index in [4.69, 9.17) is 10.5 Å². The molecule has 5 heteroatoms. The molecule has 1 atom stereocenters. The van der Waals surface area contributed by atoms with Crippen molar-refractivity contribution in [1.29, 1.82) is 0 Å². The van der Waals surface area contributed by atoms with Gasteiger partial charge in [0, 0.05) is 12.2 Å². The van der Waals surface area contributed by atoms with Crippen molar-refractivity contribution < 1.29 is 14.3 Å². The summed E-state index contributed by atoms with van der Waals surface area (Å²) in [4.78, 5) is 24.1. The molecule has 2 rings (SSSR count). The van der Waals surface area contributed by atoms with Crippen molar-refractivity contribution in [3.63, 3.8) is 0 Å². The number of nitrogens with two attached hydrogens (primary N) is 1. The molecule has 0 aliphatic carbocycles. The number of rotatable bonds is 5. The Hall–Kier alpha value is -2.82. The van der Waals surface area contributed by atoms with Gasteiger partial charge in [0.2, 0.25) is 0 Å². The van der Waals surface area contributed by atoms with Gasteiger partial charge in [0.1, 0.15) is 0 Å². The number of hydrogen-bond donors (Lipinski definition) is 2. The summed E-state index contributed by atoms with van der Waals surface area (Å²) in [6.45, 7) is 3.72. The Morgan fingerprint density at radius 2 is 1.83 bits per heavy atom. The van der Waals surface area contributed by atoms with E-state index in [9.17, 15) is 9.59 Å². The molecule has 0 radical (unpaired) electrons. The molecule has 0 unspecified atom stereocenters. The number of ether oxygens (including phenoxy) is 1. The zero-order valence-corrected chi connectivity index (χ0v) is 13.2. The molecule has 0 heterocycles. The summed E-state index contributed by atoms with van der Waals surface area (Å²) in [5, 5.41) is 2.73. The van der Waals surface area contributed by atoms with Crippen LogP contribution in [0.25, 0.3) is 0 Å². The number of hydrogen-bond acceptors (Lipinski definition) is 4. The second kappa shape index (κ2) is 7.45. The maximum atomic E-state index is 12.1. The summed E-state index contributed by atoms with van der Waals surface area (Å²) in [6.07, 6.45) is -0.897. The number of aryl methyl sites for hydroxylation is 1. The molecule has 0 saturated heterocycles. The second-order valence-electron chi connectivity index (χ2n) is 5.29. The van der Waals surface area contributed by atoms with Gasteiger partial charge in [-0.15, -0.1) is 0 Å². The first kappa shape index (κ1) is 16.5. The van der Waals surface area contributed by atoms with Gasteiger partial charge in [-0.2, -0.15) is 0 Å². The second-order valence-corrected chi connectivity index (χ2v) is 5.29. The van der Waals surface area contributed by atoms with Gasteiger partial charge < -0.3 is 15.8 Å². The molecule has 0 spiro atoms. The Bertz CT molecular complexity index is 699. The van der Waals surface area contributed by atoms with E-state index in [2.05, 4.69) is 5.32 Å². The van der Waals surface area contributed by atoms with Gasteiger partial charge >= 0.3 is 5.97 Å². The zero-order chi connectivity index (χ0) is 16.8. The fourth-order valence-electron chi connectivity index (χ4n) is 2.06. The highest BCUT2D eigenvalue weighted by Crippen LogP contribution is 2.18. The van der Waals surface area contributed by atoms with Crippen molar-refractivity contribution in [3.05, 3.63) is 65.2 Å². The summed E-state index contributed by atoms with van der Waals surface area (Å²) < 4.78 is 5.19. The van der Waals surface area contributed by atoms with Crippen LogP contribution >= 0.6 is 0 Å². The molecule has 0 aliphatic heterocycles. The zero-order valence-electron chi connectivity index (χ0n) is 13.2.